The van der Waals surface area contributed by atoms with Gasteiger partial charge in [-0.15, -0.1) is 10.2 Å². The molecule has 5 nitrogen and oxygen atoms in total. The van der Waals surface area contributed by atoms with Crippen molar-refractivity contribution in [1.82, 2.24) is 10.2 Å². The van der Waals surface area contributed by atoms with E-state index in [0.717, 1.165) is 14.5 Å². The molecule has 2 N–H and O–H groups in total. The average Bonchev–Trinajstić information content (AvgIpc) is 2.73. The highest BCUT2D eigenvalue weighted by Crippen LogP contribution is 2.35. The van der Waals surface area contributed by atoms with Crippen LogP contribution in [0.4, 0.5) is 0 Å². The van der Waals surface area contributed by atoms with Crippen molar-refractivity contribution in [2.75, 3.05) is 0 Å². The number of aryl methyl sites for hydroxylation is 1. The van der Waals surface area contributed by atoms with Crippen LogP contribution in [0.1, 0.15) is 17.3 Å². The van der Waals surface area contributed by atoms with Gasteiger partial charge in [0.2, 0.25) is 5.89 Å². The molecule has 2 rings (SSSR count). The van der Waals surface area contributed by atoms with Crippen molar-refractivity contribution in [3.8, 4) is 5.75 Å². The molecule has 7 heteroatoms. The number of hydrogen-bond donors (Lipinski definition) is 1. The normalized spacial score (nSPS) is 10.7. The molecule has 0 fully saturated rings. The summed E-state index contributed by atoms with van der Waals surface area (Å²) in [4.78, 5) is 0. The van der Waals surface area contributed by atoms with Crippen LogP contribution in [0.2, 0.25) is 0 Å². The van der Waals surface area contributed by atoms with Crippen LogP contribution in [0.25, 0.3) is 0 Å². The van der Waals surface area contributed by atoms with Crippen molar-refractivity contribution in [3.05, 3.63) is 38.4 Å². The van der Waals surface area contributed by atoms with Gasteiger partial charge in [-0.25, -0.2) is 0 Å². The molecule has 0 saturated carbocycles. The highest BCUT2D eigenvalue weighted by Gasteiger charge is 2.10. The van der Waals surface area contributed by atoms with E-state index in [2.05, 4.69) is 42.1 Å². The molecule has 0 atom stereocenters. The highest BCUT2D eigenvalue weighted by molar-refractivity contribution is 9.11. The van der Waals surface area contributed by atoms with Crippen molar-refractivity contribution < 1.29 is 9.15 Å². The summed E-state index contributed by atoms with van der Waals surface area (Å²) in [6.45, 7) is 2.43. The van der Waals surface area contributed by atoms with E-state index in [9.17, 15) is 0 Å². The molecular weight excluding hydrogens is 366 g/mol. The summed E-state index contributed by atoms with van der Waals surface area (Å²) in [5.41, 5.74) is 6.60. The third kappa shape index (κ3) is 3.09. The van der Waals surface area contributed by atoms with Crippen molar-refractivity contribution >= 4 is 31.9 Å². The summed E-state index contributed by atoms with van der Waals surface area (Å²) in [5.74, 6) is 1.64. The molecule has 0 bridgehead atoms. The maximum absolute atomic E-state index is 5.64. The Hall–Kier alpha value is -0.920. The molecule has 0 unspecified atom stereocenters. The first-order chi connectivity index (χ1) is 8.60. The van der Waals surface area contributed by atoms with Gasteiger partial charge in [-0.1, -0.05) is 0 Å². The second-order valence-electron chi connectivity index (χ2n) is 3.60. The van der Waals surface area contributed by atoms with Gasteiger partial charge in [0.1, 0.15) is 5.75 Å². The minimum Gasteiger partial charge on any atom is -0.481 e. The van der Waals surface area contributed by atoms with E-state index in [4.69, 9.17) is 14.9 Å². The predicted octanol–water partition coefficient (Wildman–Crippen LogP) is 2.94. The number of rotatable bonds is 4. The molecule has 0 spiro atoms. The van der Waals surface area contributed by atoms with Gasteiger partial charge in [-0.3, -0.25) is 0 Å². The molecule has 96 valence electrons. The predicted molar refractivity (Wildman–Crippen MR) is 73.1 cm³/mol. The lowest BCUT2D eigenvalue weighted by atomic mass is 10.2. The second kappa shape index (κ2) is 5.81. The van der Waals surface area contributed by atoms with Crippen LogP contribution in [0.3, 0.4) is 0 Å². The summed E-state index contributed by atoms with van der Waals surface area (Å²) in [6.07, 6.45) is 0. The van der Waals surface area contributed by atoms with E-state index in [1.165, 1.54) is 0 Å². The maximum atomic E-state index is 5.64. The fourth-order valence-corrected chi connectivity index (χ4v) is 2.91. The van der Waals surface area contributed by atoms with E-state index in [0.29, 0.717) is 24.1 Å². The topological polar surface area (TPSA) is 74.2 Å². The van der Waals surface area contributed by atoms with Crippen molar-refractivity contribution in [2.24, 2.45) is 5.73 Å². The average molecular weight is 377 g/mol. The summed E-state index contributed by atoms with van der Waals surface area (Å²) < 4.78 is 12.5. The molecule has 0 aliphatic heterocycles. The zero-order valence-electron chi connectivity index (χ0n) is 9.61. The Morgan fingerprint density at radius 2 is 1.94 bits per heavy atom. The minimum absolute atomic E-state index is 0.222. The summed E-state index contributed by atoms with van der Waals surface area (Å²) in [5, 5.41) is 7.60. The molecule has 0 amide bonds. The molecule has 1 heterocycles. The van der Waals surface area contributed by atoms with E-state index in [1.807, 2.05) is 12.1 Å². The van der Waals surface area contributed by atoms with Crippen molar-refractivity contribution in [1.29, 1.82) is 0 Å². The lowest BCUT2D eigenvalue weighted by Crippen LogP contribution is -2.00. The molecule has 0 radical (unpaired) electrons. The van der Waals surface area contributed by atoms with Crippen LogP contribution in [0, 0.1) is 6.92 Å². The largest absolute Gasteiger partial charge is 0.481 e. The third-order valence-electron chi connectivity index (χ3n) is 2.20. The lowest BCUT2D eigenvalue weighted by Gasteiger charge is -2.10. The highest BCUT2D eigenvalue weighted by atomic mass is 79.9. The second-order valence-corrected chi connectivity index (χ2v) is 5.30. The third-order valence-corrected chi connectivity index (χ3v) is 3.38. The molecular formula is C11H11Br2N3O2. The van der Waals surface area contributed by atoms with Gasteiger partial charge in [-0.05, 0) is 49.6 Å². The van der Waals surface area contributed by atoms with Gasteiger partial charge < -0.3 is 14.9 Å². The Labute approximate surface area is 121 Å². The SMILES string of the molecule is Cc1nnc(COc2c(Br)cc(CN)cc2Br)o1. The number of hydrogen-bond acceptors (Lipinski definition) is 5. The standard InChI is InChI=1S/C11H11Br2N3O2/c1-6-15-16-10(18-6)5-17-11-8(12)2-7(4-14)3-9(11)13/h2-3H,4-5,14H2,1H3. The van der Waals surface area contributed by atoms with Gasteiger partial charge in [0.15, 0.2) is 6.61 Å². The zero-order chi connectivity index (χ0) is 13.1. The van der Waals surface area contributed by atoms with Gasteiger partial charge in [-0.2, -0.15) is 0 Å². The van der Waals surface area contributed by atoms with Crippen LogP contribution in [-0.4, -0.2) is 10.2 Å². The van der Waals surface area contributed by atoms with Crippen molar-refractivity contribution in [2.45, 2.75) is 20.1 Å². The van der Waals surface area contributed by atoms with E-state index in [-0.39, 0.29) is 6.61 Å². The smallest absolute Gasteiger partial charge is 0.253 e. The van der Waals surface area contributed by atoms with E-state index >= 15 is 0 Å². The van der Waals surface area contributed by atoms with Crippen LogP contribution in [0.15, 0.2) is 25.5 Å². The number of nitrogens with two attached hydrogens (primary N) is 1. The molecule has 1 aromatic heterocycles. The molecule has 0 aliphatic rings. The Morgan fingerprint density at radius 1 is 1.28 bits per heavy atom. The van der Waals surface area contributed by atoms with E-state index in [1.54, 1.807) is 6.92 Å². The first kappa shape index (κ1) is 13.5. The molecule has 0 aliphatic carbocycles. The summed E-state index contributed by atoms with van der Waals surface area (Å²) in [6, 6.07) is 3.83. The van der Waals surface area contributed by atoms with E-state index < -0.39 is 0 Å². The Kier molecular flexibility index (Phi) is 4.36. The number of ether oxygens (including phenoxy) is 1. The Morgan fingerprint density at radius 3 is 2.44 bits per heavy atom. The number of benzene rings is 1. The fraction of sp³-hybridized carbons (Fsp3) is 0.273. The lowest BCUT2D eigenvalue weighted by molar-refractivity contribution is 0.257. The van der Waals surface area contributed by atoms with Gasteiger partial charge in [0.25, 0.3) is 5.89 Å². The Bertz CT molecular complexity index is 534. The molecule has 1 aromatic carbocycles. The first-order valence-electron chi connectivity index (χ1n) is 5.20. The maximum Gasteiger partial charge on any atom is 0.253 e. The number of nitrogens with zero attached hydrogens (tertiary/aromatic N) is 2. The molecule has 18 heavy (non-hydrogen) atoms. The monoisotopic (exact) mass is 375 g/mol. The summed E-state index contributed by atoms with van der Waals surface area (Å²) in [7, 11) is 0. The molecule has 0 saturated heterocycles. The number of aromatic nitrogens is 2. The zero-order valence-corrected chi connectivity index (χ0v) is 12.8. The number of halogens is 2. The molecule has 2 aromatic rings. The minimum atomic E-state index is 0.222. The quantitative estimate of drug-likeness (QED) is 0.887. The van der Waals surface area contributed by atoms with Gasteiger partial charge in [0, 0.05) is 13.5 Å². The first-order valence-corrected chi connectivity index (χ1v) is 6.78. The van der Waals surface area contributed by atoms with Crippen LogP contribution in [-0.2, 0) is 13.2 Å². The van der Waals surface area contributed by atoms with Crippen LogP contribution >= 0.6 is 31.9 Å². The van der Waals surface area contributed by atoms with Crippen molar-refractivity contribution in [3.63, 3.8) is 0 Å². The fourth-order valence-electron chi connectivity index (χ4n) is 1.40. The van der Waals surface area contributed by atoms with Crippen LogP contribution < -0.4 is 10.5 Å². The van der Waals surface area contributed by atoms with Gasteiger partial charge >= 0.3 is 0 Å². The summed E-state index contributed by atoms with van der Waals surface area (Å²) >= 11 is 6.88. The van der Waals surface area contributed by atoms with Crippen LogP contribution in [0.5, 0.6) is 5.75 Å². The Balaban J connectivity index is 2.14. The van der Waals surface area contributed by atoms with Gasteiger partial charge in [0.05, 0.1) is 8.95 Å².